The molecule has 0 saturated carbocycles. The molecule has 4 nitrogen and oxygen atoms in total. The number of hydrogen-bond donors (Lipinski definition) is 1. The van der Waals surface area contributed by atoms with Crippen molar-refractivity contribution in [3.05, 3.63) is 52.8 Å². The minimum Gasteiger partial charge on any atom is -0.404 e. The molecule has 1 amide bonds. The first-order chi connectivity index (χ1) is 9.85. The number of alkyl halides is 3. The summed E-state index contributed by atoms with van der Waals surface area (Å²) in [5.41, 5.74) is -0.0236. The molecular weight excluding hydrogens is 353 g/mol. The van der Waals surface area contributed by atoms with Crippen LogP contribution in [0.2, 0.25) is 0 Å². The van der Waals surface area contributed by atoms with Gasteiger partial charge in [-0.1, -0.05) is 12.1 Å². The molecule has 1 N–H and O–H groups in total. The Balaban J connectivity index is 2.19. The van der Waals surface area contributed by atoms with Crippen LogP contribution in [-0.2, 0) is 0 Å². The Morgan fingerprint density at radius 2 is 1.90 bits per heavy atom. The SMILES string of the molecule is O=C(Nc1ccccc1OC(F)(F)F)c1ccc(Br)cn1. The van der Waals surface area contributed by atoms with Gasteiger partial charge in [0.15, 0.2) is 5.75 Å². The van der Waals surface area contributed by atoms with E-state index < -0.39 is 18.0 Å². The maximum absolute atomic E-state index is 12.3. The number of nitrogens with zero attached hydrogens (tertiary/aromatic N) is 1. The normalized spacial score (nSPS) is 11.0. The molecule has 0 aliphatic heterocycles. The lowest BCUT2D eigenvalue weighted by Crippen LogP contribution is -2.20. The van der Waals surface area contributed by atoms with Crippen LogP contribution in [0, 0.1) is 0 Å². The van der Waals surface area contributed by atoms with E-state index in [9.17, 15) is 18.0 Å². The average molecular weight is 361 g/mol. The molecule has 8 heteroatoms. The maximum atomic E-state index is 12.3. The summed E-state index contributed by atoms with van der Waals surface area (Å²) in [6, 6.07) is 8.30. The second kappa shape index (κ2) is 6.13. The van der Waals surface area contributed by atoms with E-state index in [1.807, 2.05) is 0 Å². The molecule has 0 bridgehead atoms. The predicted octanol–water partition coefficient (Wildman–Crippen LogP) is 4.00. The molecule has 0 radical (unpaired) electrons. The number of pyridine rings is 1. The molecule has 0 aliphatic carbocycles. The zero-order chi connectivity index (χ0) is 15.5. The van der Waals surface area contributed by atoms with Crippen molar-refractivity contribution in [2.75, 3.05) is 5.32 Å². The summed E-state index contributed by atoms with van der Waals surface area (Å²) >= 11 is 3.17. The Kier molecular flexibility index (Phi) is 4.46. The fourth-order valence-electron chi connectivity index (χ4n) is 1.48. The van der Waals surface area contributed by atoms with E-state index in [1.54, 1.807) is 6.07 Å². The Morgan fingerprint density at radius 3 is 2.52 bits per heavy atom. The molecule has 1 aromatic heterocycles. The van der Waals surface area contributed by atoms with Gasteiger partial charge in [-0.2, -0.15) is 0 Å². The molecule has 1 heterocycles. The number of hydrogen-bond acceptors (Lipinski definition) is 3. The number of aromatic nitrogens is 1. The van der Waals surface area contributed by atoms with Crippen molar-refractivity contribution in [3.63, 3.8) is 0 Å². The van der Waals surface area contributed by atoms with Gasteiger partial charge in [0.25, 0.3) is 5.91 Å². The third-order valence-corrected chi connectivity index (χ3v) is 2.79. The van der Waals surface area contributed by atoms with Gasteiger partial charge in [-0.05, 0) is 40.2 Å². The highest BCUT2D eigenvalue weighted by Gasteiger charge is 2.32. The zero-order valence-electron chi connectivity index (χ0n) is 10.3. The molecule has 0 aliphatic rings. The van der Waals surface area contributed by atoms with Crippen LogP contribution in [0.25, 0.3) is 0 Å². The highest BCUT2D eigenvalue weighted by molar-refractivity contribution is 9.10. The summed E-state index contributed by atoms with van der Waals surface area (Å²) < 4.78 is 41.3. The van der Waals surface area contributed by atoms with Crippen LogP contribution < -0.4 is 10.1 Å². The van der Waals surface area contributed by atoms with Gasteiger partial charge in [-0.3, -0.25) is 4.79 Å². The lowest BCUT2D eigenvalue weighted by atomic mass is 10.2. The van der Waals surface area contributed by atoms with E-state index in [0.29, 0.717) is 4.47 Å². The first-order valence-electron chi connectivity index (χ1n) is 5.63. The van der Waals surface area contributed by atoms with E-state index in [2.05, 4.69) is 31.0 Å². The van der Waals surface area contributed by atoms with Crippen molar-refractivity contribution in [1.29, 1.82) is 0 Å². The molecule has 2 rings (SSSR count). The van der Waals surface area contributed by atoms with Crippen molar-refractivity contribution in [3.8, 4) is 5.75 Å². The highest BCUT2D eigenvalue weighted by atomic mass is 79.9. The quantitative estimate of drug-likeness (QED) is 0.899. The molecule has 0 fully saturated rings. The van der Waals surface area contributed by atoms with Gasteiger partial charge in [0.1, 0.15) is 5.69 Å². The van der Waals surface area contributed by atoms with Crippen LogP contribution in [0.1, 0.15) is 10.5 Å². The summed E-state index contributed by atoms with van der Waals surface area (Å²) in [5.74, 6) is -1.13. The van der Waals surface area contributed by atoms with Gasteiger partial charge >= 0.3 is 6.36 Å². The molecule has 110 valence electrons. The minimum atomic E-state index is -4.84. The van der Waals surface area contributed by atoms with E-state index in [0.717, 1.165) is 6.07 Å². The van der Waals surface area contributed by atoms with Gasteiger partial charge in [0.05, 0.1) is 5.69 Å². The summed E-state index contributed by atoms with van der Waals surface area (Å²) in [7, 11) is 0. The highest BCUT2D eigenvalue weighted by Crippen LogP contribution is 2.30. The fraction of sp³-hybridized carbons (Fsp3) is 0.0769. The molecule has 1 aromatic carbocycles. The van der Waals surface area contributed by atoms with Gasteiger partial charge < -0.3 is 10.1 Å². The summed E-state index contributed by atoms with van der Waals surface area (Å²) in [6.45, 7) is 0. The third kappa shape index (κ3) is 4.45. The number of nitrogens with one attached hydrogen (secondary N) is 1. The van der Waals surface area contributed by atoms with Gasteiger partial charge in [-0.25, -0.2) is 4.98 Å². The number of ether oxygens (including phenoxy) is 1. The standard InChI is InChI=1S/C13H8BrF3N2O2/c14-8-5-6-10(18-7-8)12(20)19-9-3-1-2-4-11(9)21-13(15,16)17/h1-7H,(H,19,20). The monoisotopic (exact) mass is 360 g/mol. The molecular formula is C13H8BrF3N2O2. The fourth-order valence-corrected chi connectivity index (χ4v) is 1.71. The Labute approximate surface area is 126 Å². The average Bonchev–Trinajstić information content (AvgIpc) is 2.40. The second-order valence-corrected chi connectivity index (χ2v) is 4.78. The van der Waals surface area contributed by atoms with Gasteiger partial charge in [-0.15, -0.1) is 13.2 Å². The molecule has 0 saturated heterocycles. The molecule has 21 heavy (non-hydrogen) atoms. The zero-order valence-corrected chi connectivity index (χ0v) is 11.9. The lowest BCUT2D eigenvalue weighted by molar-refractivity contribution is -0.274. The number of anilines is 1. The van der Waals surface area contributed by atoms with Crippen LogP contribution >= 0.6 is 15.9 Å². The third-order valence-electron chi connectivity index (χ3n) is 2.32. The number of benzene rings is 1. The Bertz CT molecular complexity index is 645. The van der Waals surface area contributed by atoms with Gasteiger partial charge in [0.2, 0.25) is 0 Å². The van der Waals surface area contributed by atoms with Crippen LogP contribution in [0.15, 0.2) is 47.1 Å². The number of rotatable bonds is 3. The molecule has 0 spiro atoms. The smallest absolute Gasteiger partial charge is 0.404 e. The molecule has 2 aromatic rings. The first-order valence-corrected chi connectivity index (χ1v) is 6.42. The van der Waals surface area contributed by atoms with E-state index in [-0.39, 0.29) is 11.4 Å². The second-order valence-electron chi connectivity index (χ2n) is 3.86. The number of amides is 1. The largest absolute Gasteiger partial charge is 0.573 e. The summed E-state index contributed by atoms with van der Waals surface area (Å²) in [6.07, 6.45) is -3.43. The van der Waals surface area contributed by atoms with Crippen molar-refractivity contribution in [2.24, 2.45) is 0 Å². The van der Waals surface area contributed by atoms with Crippen LogP contribution in [0.5, 0.6) is 5.75 Å². The van der Waals surface area contributed by atoms with Gasteiger partial charge in [0, 0.05) is 10.7 Å². The van der Waals surface area contributed by atoms with Crippen molar-refractivity contribution < 1.29 is 22.7 Å². The van der Waals surface area contributed by atoms with E-state index in [1.165, 1.54) is 30.5 Å². The maximum Gasteiger partial charge on any atom is 0.573 e. The summed E-state index contributed by atoms with van der Waals surface area (Å²) in [5, 5.41) is 2.33. The number of carbonyl (C=O) groups is 1. The first kappa shape index (κ1) is 15.3. The Hall–Kier alpha value is -2.09. The predicted molar refractivity (Wildman–Crippen MR) is 73.0 cm³/mol. The summed E-state index contributed by atoms with van der Waals surface area (Å²) in [4.78, 5) is 15.8. The number of carbonyl (C=O) groups excluding carboxylic acids is 1. The van der Waals surface area contributed by atoms with E-state index >= 15 is 0 Å². The van der Waals surface area contributed by atoms with Crippen LogP contribution in [0.3, 0.4) is 0 Å². The number of halogens is 4. The van der Waals surface area contributed by atoms with Crippen molar-refractivity contribution in [2.45, 2.75) is 6.36 Å². The minimum absolute atomic E-state index is 0.0695. The van der Waals surface area contributed by atoms with Crippen molar-refractivity contribution >= 4 is 27.5 Å². The number of para-hydroxylation sites is 2. The van der Waals surface area contributed by atoms with E-state index in [4.69, 9.17) is 0 Å². The van der Waals surface area contributed by atoms with Crippen LogP contribution in [0.4, 0.5) is 18.9 Å². The Morgan fingerprint density at radius 1 is 1.19 bits per heavy atom. The topological polar surface area (TPSA) is 51.2 Å². The van der Waals surface area contributed by atoms with Crippen molar-refractivity contribution in [1.82, 2.24) is 4.98 Å². The molecule has 0 unspecified atom stereocenters. The molecule has 0 atom stereocenters. The van der Waals surface area contributed by atoms with Crippen LogP contribution in [-0.4, -0.2) is 17.3 Å². The lowest BCUT2D eigenvalue weighted by Gasteiger charge is -2.13.